The predicted molar refractivity (Wildman–Crippen MR) is 158 cm³/mol. The number of ether oxygens (including phenoxy) is 3. The van der Waals surface area contributed by atoms with Crippen LogP contribution in [0, 0.1) is 24.1 Å². The van der Waals surface area contributed by atoms with Crippen LogP contribution in [0.1, 0.15) is 66.9 Å². The SMILES string of the molecule is CCOC(=O)c1sc2c(c1C)c(=O)n(C(C)(C)C(=O)N1CCCC1)c(=O)n2C[C@H](OCCC#N)c1cc(F)ccc1OC. The maximum atomic E-state index is 14.5. The number of aromatic nitrogens is 2. The molecule has 0 aliphatic carbocycles. The Kier molecular flexibility index (Phi) is 9.72. The summed E-state index contributed by atoms with van der Waals surface area (Å²) < 4.78 is 33.3. The van der Waals surface area contributed by atoms with E-state index >= 15 is 0 Å². The molecule has 3 aromatic rings. The second-order valence-corrected chi connectivity index (χ2v) is 11.7. The van der Waals surface area contributed by atoms with Crippen LogP contribution in [-0.2, 0) is 26.4 Å². The van der Waals surface area contributed by atoms with E-state index in [-0.39, 0.29) is 52.7 Å². The standard InChI is InChI=1S/C30H35FN4O7S/c1-6-41-27(37)24-18(2)23-25(36)35(30(3,4)28(38)33-13-7-8-14-33)29(39)34(26(23)43-24)17-22(42-15-9-12-32)20-16-19(31)10-11-21(20)40-5/h10-11,16,22H,6-9,13-15,17H2,1-5H3/t22-/m0/s1. The normalized spacial score (nSPS) is 14.1. The zero-order chi connectivity index (χ0) is 31.5. The van der Waals surface area contributed by atoms with Crippen molar-refractivity contribution in [2.24, 2.45) is 0 Å². The van der Waals surface area contributed by atoms with Crippen molar-refractivity contribution in [1.82, 2.24) is 14.0 Å². The van der Waals surface area contributed by atoms with Crippen LogP contribution in [0.4, 0.5) is 4.39 Å². The number of amides is 1. The summed E-state index contributed by atoms with van der Waals surface area (Å²) in [4.78, 5) is 56.9. The Morgan fingerprint density at radius 2 is 1.91 bits per heavy atom. The summed E-state index contributed by atoms with van der Waals surface area (Å²) in [6.45, 7) is 7.18. The molecule has 0 unspecified atom stereocenters. The molecule has 0 N–H and O–H groups in total. The van der Waals surface area contributed by atoms with Crippen LogP contribution in [0.25, 0.3) is 10.2 Å². The van der Waals surface area contributed by atoms with E-state index in [0.717, 1.165) is 28.7 Å². The highest BCUT2D eigenvalue weighted by Crippen LogP contribution is 2.34. The third-order valence-corrected chi connectivity index (χ3v) is 8.86. The van der Waals surface area contributed by atoms with Gasteiger partial charge in [0.1, 0.15) is 32.9 Å². The maximum absolute atomic E-state index is 14.5. The van der Waals surface area contributed by atoms with Crippen LogP contribution in [0.2, 0.25) is 0 Å². The topological polar surface area (TPSA) is 133 Å². The molecule has 1 aromatic carbocycles. The highest BCUT2D eigenvalue weighted by Gasteiger charge is 2.39. The number of nitrogens with zero attached hydrogens (tertiary/aromatic N) is 4. The molecule has 43 heavy (non-hydrogen) atoms. The summed E-state index contributed by atoms with van der Waals surface area (Å²) in [6.07, 6.45) is 0.671. The van der Waals surface area contributed by atoms with Gasteiger partial charge in [0.05, 0.1) is 44.7 Å². The Morgan fingerprint density at radius 3 is 2.53 bits per heavy atom. The first-order valence-corrected chi connectivity index (χ1v) is 14.9. The molecular weight excluding hydrogens is 579 g/mol. The number of hydrogen-bond donors (Lipinski definition) is 0. The molecule has 0 radical (unpaired) electrons. The molecule has 1 atom stereocenters. The van der Waals surface area contributed by atoms with Crippen molar-refractivity contribution in [1.29, 1.82) is 5.26 Å². The van der Waals surface area contributed by atoms with Gasteiger partial charge in [0.15, 0.2) is 0 Å². The number of nitriles is 1. The molecule has 1 saturated heterocycles. The van der Waals surface area contributed by atoms with E-state index in [1.165, 1.54) is 43.7 Å². The number of likely N-dealkylation sites (tertiary alicyclic amines) is 1. The Bertz CT molecular complexity index is 1700. The second-order valence-electron chi connectivity index (χ2n) is 10.7. The summed E-state index contributed by atoms with van der Waals surface area (Å²) in [5.41, 5.74) is -2.47. The van der Waals surface area contributed by atoms with E-state index < -0.39 is 34.7 Å². The minimum Gasteiger partial charge on any atom is -0.496 e. The molecular formula is C30H35FN4O7S. The average molecular weight is 615 g/mol. The fraction of sp³-hybridized carbons (Fsp3) is 0.500. The number of aryl methyl sites for hydroxylation is 1. The van der Waals surface area contributed by atoms with E-state index in [0.29, 0.717) is 24.4 Å². The summed E-state index contributed by atoms with van der Waals surface area (Å²) in [5.74, 6) is -1.30. The number of methoxy groups -OCH3 is 1. The highest BCUT2D eigenvalue weighted by molar-refractivity contribution is 7.20. The lowest BCUT2D eigenvalue weighted by Crippen LogP contribution is -2.56. The number of rotatable bonds is 11. The number of hydrogen-bond acceptors (Lipinski definition) is 9. The van der Waals surface area contributed by atoms with Crippen molar-refractivity contribution in [3.05, 3.63) is 60.9 Å². The Labute approximate surface area is 252 Å². The van der Waals surface area contributed by atoms with E-state index in [1.54, 1.807) is 18.7 Å². The molecule has 13 heteroatoms. The third-order valence-electron chi connectivity index (χ3n) is 7.57. The molecule has 0 spiro atoms. The molecule has 2 aromatic heterocycles. The summed E-state index contributed by atoms with van der Waals surface area (Å²) >= 11 is 0.925. The van der Waals surface area contributed by atoms with Gasteiger partial charge in [0.25, 0.3) is 5.56 Å². The van der Waals surface area contributed by atoms with E-state index in [2.05, 4.69) is 0 Å². The van der Waals surface area contributed by atoms with E-state index in [4.69, 9.17) is 19.5 Å². The molecule has 1 fully saturated rings. The number of carbonyl (C=O) groups excluding carboxylic acids is 2. The van der Waals surface area contributed by atoms with Gasteiger partial charge in [-0.25, -0.2) is 18.5 Å². The monoisotopic (exact) mass is 614 g/mol. The van der Waals surface area contributed by atoms with E-state index in [9.17, 15) is 23.6 Å². The van der Waals surface area contributed by atoms with Gasteiger partial charge in [-0.05, 0) is 64.3 Å². The van der Waals surface area contributed by atoms with Gasteiger partial charge in [-0.3, -0.25) is 14.2 Å². The summed E-state index contributed by atoms with van der Waals surface area (Å²) in [7, 11) is 1.41. The van der Waals surface area contributed by atoms with Crippen molar-refractivity contribution in [3.63, 3.8) is 0 Å². The van der Waals surface area contributed by atoms with Crippen molar-refractivity contribution < 1.29 is 28.2 Å². The lowest BCUT2D eigenvalue weighted by Gasteiger charge is -2.31. The second kappa shape index (κ2) is 13.1. The van der Waals surface area contributed by atoms with Crippen LogP contribution in [-0.4, -0.2) is 59.3 Å². The Balaban J connectivity index is 2.00. The van der Waals surface area contributed by atoms with Gasteiger partial charge in [-0.1, -0.05) is 0 Å². The molecule has 230 valence electrons. The van der Waals surface area contributed by atoms with Crippen molar-refractivity contribution in [2.45, 2.75) is 65.1 Å². The van der Waals surface area contributed by atoms with Gasteiger partial charge in [-0.2, -0.15) is 5.26 Å². The zero-order valence-electron chi connectivity index (χ0n) is 24.9. The quantitative estimate of drug-likeness (QED) is 0.235. The van der Waals surface area contributed by atoms with Crippen LogP contribution in [0.5, 0.6) is 5.75 Å². The molecule has 1 amide bonds. The number of halogens is 1. The minimum atomic E-state index is -1.57. The Morgan fingerprint density at radius 1 is 1.21 bits per heavy atom. The summed E-state index contributed by atoms with van der Waals surface area (Å²) in [5, 5.41) is 9.21. The molecule has 0 bridgehead atoms. The van der Waals surface area contributed by atoms with Crippen LogP contribution >= 0.6 is 11.3 Å². The van der Waals surface area contributed by atoms with Gasteiger partial charge in [0.2, 0.25) is 5.91 Å². The van der Waals surface area contributed by atoms with Crippen LogP contribution in [0.3, 0.4) is 0 Å². The van der Waals surface area contributed by atoms with Crippen molar-refractivity contribution >= 4 is 33.4 Å². The number of benzene rings is 1. The first-order valence-electron chi connectivity index (χ1n) is 14.1. The first kappa shape index (κ1) is 31.9. The molecule has 0 saturated carbocycles. The largest absolute Gasteiger partial charge is 0.496 e. The van der Waals surface area contributed by atoms with Gasteiger partial charge in [0, 0.05) is 18.7 Å². The Hall–Kier alpha value is -4.02. The van der Waals surface area contributed by atoms with Gasteiger partial charge in [-0.15, -0.1) is 11.3 Å². The lowest BCUT2D eigenvalue weighted by atomic mass is 10.0. The maximum Gasteiger partial charge on any atom is 0.348 e. The van der Waals surface area contributed by atoms with Crippen molar-refractivity contribution in [2.75, 3.05) is 33.4 Å². The zero-order valence-corrected chi connectivity index (χ0v) is 25.7. The first-order chi connectivity index (χ1) is 20.5. The van der Waals surface area contributed by atoms with Crippen molar-refractivity contribution in [3.8, 4) is 11.8 Å². The third kappa shape index (κ3) is 6.07. The molecule has 3 heterocycles. The lowest BCUT2D eigenvalue weighted by molar-refractivity contribution is -0.138. The van der Waals surface area contributed by atoms with Gasteiger partial charge >= 0.3 is 11.7 Å². The smallest absolute Gasteiger partial charge is 0.348 e. The van der Waals surface area contributed by atoms with Gasteiger partial charge < -0.3 is 19.1 Å². The fourth-order valence-corrected chi connectivity index (χ4v) is 6.60. The van der Waals surface area contributed by atoms with Crippen LogP contribution < -0.4 is 16.0 Å². The molecule has 11 nitrogen and oxygen atoms in total. The highest BCUT2D eigenvalue weighted by atomic mass is 32.1. The van der Waals surface area contributed by atoms with Crippen LogP contribution in [0.15, 0.2) is 27.8 Å². The summed E-state index contributed by atoms with van der Waals surface area (Å²) in [6, 6.07) is 5.86. The number of thiophene rings is 1. The number of fused-ring (bicyclic) bond motifs is 1. The number of carbonyl (C=O) groups is 2. The van der Waals surface area contributed by atoms with E-state index in [1.807, 2.05) is 6.07 Å². The molecule has 4 rings (SSSR count). The predicted octanol–water partition coefficient (Wildman–Crippen LogP) is 3.89. The number of esters is 1. The average Bonchev–Trinajstić information content (AvgIpc) is 3.62. The molecule has 1 aliphatic rings. The molecule has 1 aliphatic heterocycles. The minimum absolute atomic E-state index is 0.0282. The fourth-order valence-electron chi connectivity index (χ4n) is 5.40.